The molecular weight excluding hydrogens is 272 g/mol. The molecule has 2 heterocycles. The number of hydrogen-bond donors (Lipinski definition) is 0. The number of halogens is 1. The normalized spacial score (nSPS) is 16.3. The van der Waals surface area contributed by atoms with Crippen molar-refractivity contribution in [2.24, 2.45) is 0 Å². The van der Waals surface area contributed by atoms with Gasteiger partial charge >= 0.3 is 0 Å². The van der Waals surface area contributed by atoms with Gasteiger partial charge in [0.05, 0.1) is 6.54 Å². The predicted octanol–water partition coefficient (Wildman–Crippen LogP) is 1.65. The highest BCUT2D eigenvalue weighted by Gasteiger charge is 2.23. The molecule has 0 aromatic carbocycles. The van der Waals surface area contributed by atoms with Crippen LogP contribution in [0.4, 0.5) is 0 Å². The molecule has 0 unspecified atom stereocenters. The first-order chi connectivity index (χ1) is 7.66. The van der Waals surface area contributed by atoms with E-state index in [1.807, 2.05) is 0 Å². The van der Waals surface area contributed by atoms with E-state index >= 15 is 0 Å². The molecule has 0 atom stereocenters. The highest BCUT2D eigenvalue weighted by molar-refractivity contribution is 9.10. The molecule has 1 aliphatic rings. The summed E-state index contributed by atoms with van der Waals surface area (Å²) in [7, 11) is 0. The monoisotopic (exact) mass is 282 g/mol. The minimum absolute atomic E-state index is 0.122. The van der Waals surface area contributed by atoms with Crippen LogP contribution in [0.15, 0.2) is 22.8 Å². The van der Waals surface area contributed by atoms with Crippen LogP contribution in [0, 0.1) is 0 Å². The first-order valence-corrected chi connectivity index (χ1v) is 5.88. The van der Waals surface area contributed by atoms with E-state index in [2.05, 4.69) is 20.9 Å². The van der Waals surface area contributed by atoms with Crippen LogP contribution in [-0.4, -0.2) is 34.7 Å². The van der Waals surface area contributed by atoms with Gasteiger partial charge in [-0.1, -0.05) is 0 Å². The number of likely N-dealkylation sites (tertiary alicyclic amines) is 1. The van der Waals surface area contributed by atoms with Gasteiger partial charge in [0.15, 0.2) is 5.78 Å². The molecule has 16 heavy (non-hydrogen) atoms. The van der Waals surface area contributed by atoms with E-state index in [1.54, 1.807) is 23.2 Å². The smallest absolute Gasteiger partial charge is 0.272 e. The maximum Gasteiger partial charge on any atom is 0.272 e. The van der Waals surface area contributed by atoms with E-state index in [-0.39, 0.29) is 18.2 Å². The number of hydrogen-bond acceptors (Lipinski definition) is 3. The van der Waals surface area contributed by atoms with Crippen LogP contribution < -0.4 is 0 Å². The molecule has 5 heteroatoms. The van der Waals surface area contributed by atoms with Crippen molar-refractivity contribution < 1.29 is 9.59 Å². The molecule has 1 amide bonds. The van der Waals surface area contributed by atoms with E-state index in [9.17, 15) is 9.59 Å². The minimum Gasteiger partial charge on any atom is -0.330 e. The summed E-state index contributed by atoms with van der Waals surface area (Å²) in [6.45, 7) is 0.860. The van der Waals surface area contributed by atoms with Gasteiger partial charge in [-0.25, -0.2) is 4.98 Å². The maximum absolute atomic E-state index is 12.0. The summed E-state index contributed by atoms with van der Waals surface area (Å²) in [4.78, 5) is 28.8. The number of ketones is 1. The summed E-state index contributed by atoms with van der Waals surface area (Å²) >= 11 is 3.26. The van der Waals surface area contributed by atoms with Crippen LogP contribution in [0.5, 0.6) is 0 Å². The molecule has 84 valence electrons. The van der Waals surface area contributed by atoms with Crippen LogP contribution in [0.2, 0.25) is 0 Å². The van der Waals surface area contributed by atoms with Gasteiger partial charge in [-0.05, 0) is 34.5 Å². The molecule has 4 nitrogen and oxygen atoms in total. The number of carbonyl (C=O) groups excluding carboxylic acids is 2. The van der Waals surface area contributed by atoms with E-state index in [4.69, 9.17) is 0 Å². The van der Waals surface area contributed by atoms with Gasteiger partial charge in [-0.2, -0.15) is 0 Å². The molecule has 0 aliphatic carbocycles. The molecule has 0 spiro atoms. The van der Waals surface area contributed by atoms with E-state index < -0.39 is 0 Å². The SMILES string of the molecule is O=C1CCCN(C(=O)c2ccc(Br)cn2)C1. The lowest BCUT2D eigenvalue weighted by Gasteiger charge is -2.25. The van der Waals surface area contributed by atoms with Crippen molar-refractivity contribution in [1.29, 1.82) is 0 Å². The average Bonchev–Trinajstić information content (AvgIpc) is 2.29. The molecule has 0 radical (unpaired) electrons. The van der Waals surface area contributed by atoms with Crippen molar-refractivity contribution in [3.63, 3.8) is 0 Å². The van der Waals surface area contributed by atoms with Gasteiger partial charge in [0, 0.05) is 23.6 Å². The lowest BCUT2D eigenvalue weighted by molar-refractivity contribution is -0.121. The summed E-state index contributed by atoms with van der Waals surface area (Å²) in [6, 6.07) is 3.43. The molecule has 1 saturated heterocycles. The first kappa shape index (κ1) is 11.3. The van der Waals surface area contributed by atoms with E-state index in [1.165, 1.54) is 0 Å². The van der Waals surface area contributed by atoms with Gasteiger partial charge in [0.25, 0.3) is 5.91 Å². The molecule has 0 saturated carbocycles. The Kier molecular flexibility index (Phi) is 3.33. The van der Waals surface area contributed by atoms with Crippen LogP contribution in [0.25, 0.3) is 0 Å². The Morgan fingerprint density at radius 1 is 1.44 bits per heavy atom. The topological polar surface area (TPSA) is 50.3 Å². The van der Waals surface area contributed by atoms with Crippen LogP contribution in [0.3, 0.4) is 0 Å². The van der Waals surface area contributed by atoms with Crippen LogP contribution in [0.1, 0.15) is 23.3 Å². The Morgan fingerprint density at radius 2 is 2.25 bits per heavy atom. The van der Waals surface area contributed by atoms with Gasteiger partial charge in [0.1, 0.15) is 5.69 Å². The summed E-state index contributed by atoms with van der Waals surface area (Å²) in [5.74, 6) is -0.0442. The fourth-order valence-electron chi connectivity index (χ4n) is 1.68. The number of piperidine rings is 1. The molecule has 2 rings (SSSR count). The van der Waals surface area contributed by atoms with Crippen LogP contribution in [-0.2, 0) is 4.79 Å². The van der Waals surface area contributed by atoms with Crippen molar-refractivity contribution in [3.8, 4) is 0 Å². The standard InChI is InChI=1S/C11H11BrN2O2/c12-8-3-4-10(13-6-8)11(16)14-5-1-2-9(15)7-14/h3-4,6H,1-2,5,7H2. The van der Waals surface area contributed by atoms with Crippen molar-refractivity contribution in [2.45, 2.75) is 12.8 Å². The third-order valence-electron chi connectivity index (χ3n) is 2.48. The Morgan fingerprint density at radius 3 is 2.88 bits per heavy atom. The van der Waals surface area contributed by atoms with Crippen LogP contribution >= 0.6 is 15.9 Å². The lowest BCUT2D eigenvalue weighted by atomic mass is 10.1. The summed E-state index contributed by atoms with van der Waals surface area (Å²) in [5, 5.41) is 0. The maximum atomic E-state index is 12.0. The third kappa shape index (κ3) is 2.47. The second-order valence-corrected chi connectivity index (χ2v) is 4.65. The molecule has 1 aromatic rings. The Balaban J connectivity index is 2.12. The van der Waals surface area contributed by atoms with Crippen molar-refractivity contribution in [3.05, 3.63) is 28.5 Å². The zero-order valence-electron chi connectivity index (χ0n) is 8.65. The molecule has 1 aliphatic heterocycles. The second-order valence-electron chi connectivity index (χ2n) is 3.73. The zero-order valence-corrected chi connectivity index (χ0v) is 10.2. The number of rotatable bonds is 1. The lowest BCUT2D eigenvalue weighted by Crippen LogP contribution is -2.40. The van der Waals surface area contributed by atoms with Gasteiger partial charge < -0.3 is 4.90 Å². The zero-order chi connectivity index (χ0) is 11.5. The number of nitrogens with zero attached hydrogens (tertiary/aromatic N) is 2. The molecule has 0 N–H and O–H groups in total. The summed E-state index contributed by atoms with van der Waals surface area (Å²) in [6.07, 6.45) is 2.91. The summed E-state index contributed by atoms with van der Waals surface area (Å²) in [5.41, 5.74) is 0.387. The fraction of sp³-hybridized carbons (Fsp3) is 0.364. The number of pyridine rings is 1. The number of amides is 1. The van der Waals surface area contributed by atoms with Crippen molar-refractivity contribution in [2.75, 3.05) is 13.1 Å². The summed E-state index contributed by atoms with van der Waals surface area (Å²) < 4.78 is 0.832. The van der Waals surface area contributed by atoms with Crippen molar-refractivity contribution >= 4 is 27.6 Å². The highest BCUT2D eigenvalue weighted by Crippen LogP contribution is 2.12. The average molecular weight is 283 g/mol. The van der Waals surface area contributed by atoms with Crippen molar-refractivity contribution in [1.82, 2.24) is 9.88 Å². The van der Waals surface area contributed by atoms with E-state index in [0.29, 0.717) is 18.7 Å². The fourth-order valence-corrected chi connectivity index (χ4v) is 1.91. The number of Topliss-reactive ketones (excluding diaryl/α,β-unsaturated/α-hetero) is 1. The molecular formula is C11H11BrN2O2. The number of aromatic nitrogens is 1. The number of carbonyl (C=O) groups is 2. The van der Waals surface area contributed by atoms with Gasteiger partial charge in [0.2, 0.25) is 0 Å². The Labute approximate surface area is 102 Å². The highest BCUT2D eigenvalue weighted by atomic mass is 79.9. The predicted molar refractivity (Wildman–Crippen MR) is 62.1 cm³/mol. The molecule has 1 fully saturated rings. The van der Waals surface area contributed by atoms with Gasteiger partial charge in [-0.3, -0.25) is 9.59 Å². The Hall–Kier alpha value is -1.23. The molecule has 1 aromatic heterocycles. The second kappa shape index (κ2) is 4.74. The third-order valence-corrected chi connectivity index (χ3v) is 2.95. The van der Waals surface area contributed by atoms with E-state index in [0.717, 1.165) is 10.9 Å². The molecule has 0 bridgehead atoms. The van der Waals surface area contributed by atoms with Gasteiger partial charge in [-0.15, -0.1) is 0 Å². The first-order valence-electron chi connectivity index (χ1n) is 5.09. The quantitative estimate of drug-likeness (QED) is 0.787. The largest absolute Gasteiger partial charge is 0.330 e. The minimum atomic E-state index is -0.166. The Bertz CT molecular complexity index is 416.